The Morgan fingerprint density at radius 1 is 1.24 bits per heavy atom. The molecule has 128 valence electrons. The van der Waals surface area contributed by atoms with E-state index < -0.39 is 0 Å². The first-order chi connectivity index (χ1) is 12.0. The van der Waals surface area contributed by atoms with Crippen molar-refractivity contribution in [2.45, 2.75) is 25.0 Å². The number of nitrogens with zero attached hydrogens (tertiary/aromatic N) is 2. The minimum atomic E-state index is -0.181. The Balaban J connectivity index is 2.22. The number of fused-ring (bicyclic) bond motifs is 1. The summed E-state index contributed by atoms with van der Waals surface area (Å²) < 4.78 is 2.51. The maximum atomic E-state index is 13.2. The van der Waals surface area contributed by atoms with Crippen molar-refractivity contribution in [1.29, 1.82) is 0 Å². The van der Waals surface area contributed by atoms with Crippen LogP contribution in [0.15, 0.2) is 63.0 Å². The van der Waals surface area contributed by atoms with E-state index in [1.807, 2.05) is 49.4 Å². The summed E-state index contributed by atoms with van der Waals surface area (Å²) in [6.07, 6.45) is 0. The fourth-order valence-electron chi connectivity index (χ4n) is 2.64. The maximum Gasteiger partial charge on any atom is 0.262 e. The van der Waals surface area contributed by atoms with Crippen molar-refractivity contribution in [1.82, 2.24) is 9.55 Å². The Bertz CT molecular complexity index is 986. The Morgan fingerprint density at radius 2 is 1.96 bits per heavy atom. The van der Waals surface area contributed by atoms with E-state index >= 15 is 0 Å². The highest BCUT2D eigenvalue weighted by Crippen LogP contribution is 2.25. The van der Waals surface area contributed by atoms with E-state index in [2.05, 4.69) is 20.9 Å². The Kier molecular flexibility index (Phi) is 5.39. The number of carbonyl (C=O) groups excluding carboxylic acids is 1. The molecule has 1 aromatic heterocycles. The summed E-state index contributed by atoms with van der Waals surface area (Å²) >= 11 is 4.72. The third-order valence-corrected chi connectivity index (χ3v) is 5.49. The van der Waals surface area contributed by atoms with Crippen LogP contribution in [0, 0.1) is 0 Å². The van der Waals surface area contributed by atoms with E-state index in [1.165, 1.54) is 18.7 Å². The zero-order valence-electron chi connectivity index (χ0n) is 13.9. The van der Waals surface area contributed by atoms with Gasteiger partial charge in [-0.2, -0.15) is 0 Å². The molecule has 1 heterocycles. The van der Waals surface area contributed by atoms with Crippen LogP contribution >= 0.6 is 27.7 Å². The van der Waals surface area contributed by atoms with Gasteiger partial charge < -0.3 is 0 Å². The van der Waals surface area contributed by atoms with Gasteiger partial charge in [-0.3, -0.25) is 14.2 Å². The largest absolute Gasteiger partial charge is 0.299 e. The van der Waals surface area contributed by atoms with E-state index in [1.54, 1.807) is 10.6 Å². The van der Waals surface area contributed by atoms with Crippen molar-refractivity contribution in [2.24, 2.45) is 0 Å². The standard InChI is InChI=1S/C19H17BrN2O2S/c1-12(23)11-25-19-21-17-9-8-15(20)10-16(17)18(24)22(19)13(2)14-6-4-3-5-7-14/h3-10,13H,11H2,1-2H3. The fraction of sp³-hybridized carbons (Fsp3) is 0.211. The quantitative estimate of drug-likeness (QED) is 0.455. The molecule has 0 fully saturated rings. The topological polar surface area (TPSA) is 52.0 Å². The molecule has 0 amide bonds. The Labute approximate surface area is 158 Å². The molecular formula is C19H17BrN2O2S. The number of hydrogen-bond acceptors (Lipinski definition) is 4. The smallest absolute Gasteiger partial charge is 0.262 e. The lowest BCUT2D eigenvalue weighted by Crippen LogP contribution is -2.27. The van der Waals surface area contributed by atoms with Gasteiger partial charge in [0.15, 0.2) is 5.16 Å². The minimum absolute atomic E-state index is 0.0501. The number of aromatic nitrogens is 2. The van der Waals surface area contributed by atoms with Gasteiger partial charge in [0.25, 0.3) is 5.56 Å². The summed E-state index contributed by atoms with van der Waals surface area (Å²) in [5.74, 6) is 0.338. The molecule has 1 atom stereocenters. The summed E-state index contributed by atoms with van der Waals surface area (Å²) in [6.45, 7) is 3.51. The molecule has 25 heavy (non-hydrogen) atoms. The number of hydrogen-bond donors (Lipinski definition) is 0. The Morgan fingerprint density at radius 3 is 2.64 bits per heavy atom. The molecule has 4 nitrogen and oxygen atoms in total. The lowest BCUT2D eigenvalue weighted by Gasteiger charge is -2.19. The van der Waals surface area contributed by atoms with E-state index in [0.717, 1.165) is 10.0 Å². The van der Waals surface area contributed by atoms with Crippen molar-refractivity contribution >= 4 is 44.4 Å². The molecule has 0 saturated heterocycles. The van der Waals surface area contributed by atoms with Gasteiger partial charge in [-0.25, -0.2) is 4.98 Å². The van der Waals surface area contributed by atoms with E-state index in [-0.39, 0.29) is 23.1 Å². The fourth-order valence-corrected chi connectivity index (χ4v) is 3.88. The van der Waals surface area contributed by atoms with Crippen molar-refractivity contribution in [3.63, 3.8) is 0 Å². The van der Waals surface area contributed by atoms with Crippen LogP contribution in [0.5, 0.6) is 0 Å². The minimum Gasteiger partial charge on any atom is -0.299 e. The highest BCUT2D eigenvalue weighted by Gasteiger charge is 2.18. The first-order valence-corrected chi connectivity index (χ1v) is 9.64. The second-order valence-electron chi connectivity index (χ2n) is 5.81. The third-order valence-electron chi connectivity index (χ3n) is 3.90. The van der Waals surface area contributed by atoms with Crippen molar-refractivity contribution < 1.29 is 4.79 Å². The number of thioether (sulfide) groups is 1. The number of halogens is 1. The van der Waals surface area contributed by atoms with Crippen LogP contribution in [0.3, 0.4) is 0 Å². The third kappa shape index (κ3) is 3.85. The first-order valence-electron chi connectivity index (χ1n) is 7.86. The van der Waals surface area contributed by atoms with Crippen LogP contribution in [0.4, 0.5) is 0 Å². The lowest BCUT2D eigenvalue weighted by atomic mass is 10.1. The molecule has 1 unspecified atom stereocenters. The SMILES string of the molecule is CC(=O)CSc1nc2ccc(Br)cc2c(=O)n1C(C)c1ccccc1. The molecule has 0 aliphatic rings. The molecule has 0 bridgehead atoms. The number of rotatable bonds is 5. The molecule has 2 aromatic carbocycles. The number of Topliss-reactive ketones (excluding diaryl/α,β-unsaturated/α-hetero) is 1. The van der Waals surface area contributed by atoms with Crippen molar-refractivity contribution in [3.8, 4) is 0 Å². The molecule has 0 aliphatic carbocycles. The second-order valence-corrected chi connectivity index (χ2v) is 7.67. The summed E-state index contributed by atoms with van der Waals surface area (Å²) in [6, 6.07) is 15.1. The summed E-state index contributed by atoms with van der Waals surface area (Å²) in [5, 5.41) is 1.12. The van der Waals surface area contributed by atoms with Crippen LogP contribution < -0.4 is 5.56 Å². The molecule has 0 radical (unpaired) electrons. The summed E-state index contributed by atoms with van der Waals surface area (Å²) in [7, 11) is 0. The van der Waals surface area contributed by atoms with Gasteiger partial charge in [-0.15, -0.1) is 0 Å². The van der Waals surface area contributed by atoms with Crippen LogP contribution in [-0.4, -0.2) is 21.1 Å². The monoisotopic (exact) mass is 416 g/mol. The predicted octanol–water partition coefficient (Wildman–Crippen LogP) is 4.45. The van der Waals surface area contributed by atoms with Gasteiger partial charge in [-0.05, 0) is 37.6 Å². The second kappa shape index (κ2) is 7.54. The van der Waals surface area contributed by atoms with E-state index in [9.17, 15) is 9.59 Å². The molecule has 3 rings (SSSR count). The molecular weight excluding hydrogens is 400 g/mol. The van der Waals surface area contributed by atoms with Crippen LogP contribution in [-0.2, 0) is 4.79 Å². The first kappa shape index (κ1) is 17.9. The summed E-state index contributed by atoms with van der Waals surface area (Å²) in [4.78, 5) is 29.2. The van der Waals surface area contributed by atoms with Crippen LogP contribution in [0.2, 0.25) is 0 Å². The molecule has 0 aliphatic heterocycles. The van der Waals surface area contributed by atoms with E-state index in [4.69, 9.17) is 0 Å². The maximum absolute atomic E-state index is 13.2. The van der Waals surface area contributed by atoms with Gasteiger partial charge in [0.05, 0.1) is 22.7 Å². The van der Waals surface area contributed by atoms with Gasteiger partial charge in [0.1, 0.15) is 5.78 Å². The highest BCUT2D eigenvalue weighted by molar-refractivity contribution is 9.10. The zero-order chi connectivity index (χ0) is 18.0. The molecule has 0 saturated carbocycles. The molecule has 6 heteroatoms. The summed E-state index contributed by atoms with van der Waals surface area (Å²) in [5.41, 5.74) is 1.55. The normalized spacial score (nSPS) is 12.3. The molecule has 3 aromatic rings. The van der Waals surface area contributed by atoms with Crippen molar-refractivity contribution in [3.05, 3.63) is 68.9 Å². The number of ketones is 1. The average Bonchev–Trinajstić information content (AvgIpc) is 2.61. The van der Waals surface area contributed by atoms with Gasteiger partial charge >= 0.3 is 0 Å². The van der Waals surface area contributed by atoms with Crippen LogP contribution in [0.25, 0.3) is 10.9 Å². The highest BCUT2D eigenvalue weighted by atomic mass is 79.9. The lowest BCUT2D eigenvalue weighted by molar-refractivity contribution is -0.114. The zero-order valence-corrected chi connectivity index (χ0v) is 16.3. The Hall–Kier alpha value is -1.92. The molecule has 0 spiro atoms. The van der Waals surface area contributed by atoms with Gasteiger partial charge in [0.2, 0.25) is 0 Å². The van der Waals surface area contributed by atoms with Gasteiger partial charge in [0, 0.05) is 4.47 Å². The number of carbonyl (C=O) groups is 1. The van der Waals surface area contributed by atoms with Crippen molar-refractivity contribution in [2.75, 3.05) is 5.75 Å². The number of benzene rings is 2. The predicted molar refractivity (Wildman–Crippen MR) is 105 cm³/mol. The van der Waals surface area contributed by atoms with E-state index in [0.29, 0.717) is 16.1 Å². The van der Waals surface area contributed by atoms with Gasteiger partial charge in [-0.1, -0.05) is 58.0 Å². The molecule has 0 N–H and O–H groups in total. The average molecular weight is 417 g/mol. The van der Waals surface area contributed by atoms with Crippen LogP contribution in [0.1, 0.15) is 25.5 Å².